The van der Waals surface area contributed by atoms with Crippen LogP contribution in [0.1, 0.15) is 19.3 Å². The van der Waals surface area contributed by atoms with Crippen LogP contribution in [0.15, 0.2) is 36.5 Å². The highest BCUT2D eigenvalue weighted by atomic mass is 16.5. The lowest BCUT2D eigenvalue weighted by molar-refractivity contribution is -0.137. The number of amides is 1. The highest BCUT2D eigenvalue weighted by molar-refractivity contribution is 5.80. The second-order valence-electron chi connectivity index (χ2n) is 6.39. The topological polar surface area (TPSA) is 43.7 Å². The van der Waals surface area contributed by atoms with Gasteiger partial charge in [-0.15, -0.1) is 0 Å². The van der Waals surface area contributed by atoms with Gasteiger partial charge in [-0.05, 0) is 36.8 Å². The summed E-state index contributed by atoms with van der Waals surface area (Å²) in [5.74, 6) is 0.0160. The van der Waals surface area contributed by atoms with Gasteiger partial charge in [0.15, 0.2) is 0 Å². The van der Waals surface area contributed by atoms with Crippen molar-refractivity contribution in [1.82, 2.24) is 9.47 Å². The summed E-state index contributed by atoms with van der Waals surface area (Å²) in [4.78, 5) is 13.9. The molecular formula is C19H26N2O3. The molecule has 5 nitrogen and oxygen atoms in total. The van der Waals surface area contributed by atoms with Crippen molar-refractivity contribution in [1.29, 1.82) is 0 Å². The number of carbonyl (C=O) groups excluding carboxylic acids is 1. The smallest absolute Gasteiger partial charge is 0.248 e. The molecule has 5 heteroatoms. The van der Waals surface area contributed by atoms with Crippen LogP contribution in [0.2, 0.25) is 0 Å². The molecule has 1 atom stereocenters. The third-order valence-corrected chi connectivity index (χ3v) is 4.59. The number of likely N-dealkylation sites (N-methyl/N-ethyl adjacent to an activating group) is 1. The molecule has 0 bridgehead atoms. The molecule has 0 spiro atoms. The summed E-state index contributed by atoms with van der Waals surface area (Å²) in [5, 5.41) is 1.22. The molecule has 1 aromatic carbocycles. The number of benzene rings is 1. The molecule has 1 saturated heterocycles. The molecule has 1 aliphatic rings. The van der Waals surface area contributed by atoms with E-state index in [0.717, 1.165) is 26.0 Å². The molecule has 0 radical (unpaired) electrons. The number of nitrogens with zero attached hydrogens (tertiary/aromatic N) is 2. The molecule has 2 aromatic rings. The van der Waals surface area contributed by atoms with Gasteiger partial charge < -0.3 is 18.9 Å². The maximum absolute atomic E-state index is 12.2. The van der Waals surface area contributed by atoms with Crippen molar-refractivity contribution in [3.63, 3.8) is 0 Å². The molecule has 24 heavy (non-hydrogen) atoms. The summed E-state index contributed by atoms with van der Waals surface area (Å²) in [6, 6.07) is 10.4. The molecule has 0 N–H and O–H groups in total. The Balaban J connectivity index is 1.41. The summed E-state index contributed by atoms with van der Waals surface area (Å²) in [5.41, 5.74) is 1.20. The van der Waals surface area contributed by atoms with E-state index >= 15 is 0 Å². The van der Waals surface area contributed by atoms with E-state index < -0.39 is 0 Å². The Bertz CT molecular complexity index is 661. The largest absolute Gasteiger partial charge is 0.376 e. The summed E-state index contributed by atoms with van der Waals surface area (Å²) in [6.45, 7) is 2.90. The predicted octanol–water partition coefficient (Wildman–Crippen LogP) is 2.69. The number of hydrogen-bond donors (Lipinski definition) is 0. The van der Waals surface area contributed by atoms with Crippen molar-refractivity contribution in [2.45, 2.75) is 31.9 Å². The van der Waals surface area contributed by atoms with E-state index in [0.29, 0.717) is 13.2 Å². The number of para-hydroxylation sites is 1. The first-order valence-electron chi connectivity index (χ1n) is 8.71. The highest BCUT2D eigenvalue weighted by Crippen LogP contribution is 2.15. The van der Waals surface area contributed by atoms with Crippen LogP contribution in [0.4, 0.5) is 0 Å². The van der Waals surface area contributed by atoms with E-state index in [2.05, 4.69) is 29.0 Å². The van der Waals surface area contributed by atoms with Crippen LogP contribution >= 0.6 is 0 Å². The summed E-state index contributed by atoms with van der Waals surface area (Å²) in [6.07, 6.45) is 5.58. The monoisotopic (exact) mass is 330 g/mol. The lowest BCUT2D eigenvalue weighted by atomic mass is 10.1. The van der Waals surface area contributed by atoms with Gasteiger partial charge in [0.1, 0.15) is 6.61 Å². The normalized spacial score (nSPS) is 18.0. The van der Waals surface area contributed by atoms with Crippen LogP contribution in [-0.2, 0) is 20.8 Å². The van der Waals surface area contributed by atoms with Gasteiger partial charge in [-0.1, -0.05) is 18.2 Å². The van der Waals surface area contributed by atoms with E-state index in [-0.39, 0.29) is 18.6 Å². The number of fused-ring (bicyclic) bond motifs is 1. The van der Waals surface area contributed by atoms with Crippen LogP contribution in [-0.4, -0.2) is 54.9 Å². The second-order valence-corrected chi connectivity index (χ2v) is 6.39. The van der Waals surface area contributed by atoms with Gasteiger partial charge in [0, 0.05) is 38.5 Å². The zero-order valence-corrected chi connectivity index (χ0v) is 14.3. The SMILES string of the molecule is CN(CCn1ccc2ccccc21)C(=O)COC[C@H]1CCCCO1. The Morgan fingerprint density at radius 3 is 3.04 bits per heavy atom. The van der Waals surface area contributed by atoms with E-state index in [1.807, 2.05) is 19.2 Å². The van der Waals surface area contributed by atoms with Gasteiger partial charge in [-0.25, -0.2) is 0 Å². The quantitative estimate of drug-likeness (QED) is 0.784. The van der Waals surface area contributed by atoms with Crippen LogP contribution in [0.5, 0.6) is 0 Å². The Labute approximate surface area is 143 Å². The molecule has 1 aromatic heterocycles. The van der Waals surface area contributed by atoms with Crippen LogP contribution < -0.4 is 0 Å². The number of hydrogen-bond acceptors (Lipinski definition) is 3. The molecule has 0 unspecified atom stereocenters. The molecule has 2 heterocycles. The van der Waals surface area contributed by atoms with Gasteiger partial charge >= 0.3 is 0 Å². The van der Waals surface area contributed by atoms with Crippen molar-refractivity contribution in [3.8, 4) is 0 Å². The van der Waals surface area contributed by atoms with Crippen LogP contribution in [0.3, 0.4) is 0 Å². The average molecular weight is 330 g/mol. The van der Waals surface area contributed by atoms with Gasteiger partial charge in [0.2, 0.25) is 5.91 Å². The Kier molecular flexibility index (Phi) is 5.88. The van der Waals surface area contributed by atoms with Crippen molar-refractivity contribution in [2.75, 3.05) is 33.4 Å². The molecule has 0 aliphatic carbocycles. The Morgan fingerprint density at radius 2 is 2.21 bits per heavy atom. The summed E-state index contributed by atoms with van der Waals surface area (Å²) < 4.78 is 13.3. The predicted molar refractivity (Wildman–Crippen MR) is 94.0 cm³/mol. The lowest BCUT2D eigenvalue weighted by Crippen LogP contribution is -2.34. The maximum atomic E-state index is 12.2. The zero-order valence-electron chi connectivity index (χ0n) is 14.3. The summed E-state index contributed by atoms with van der Waals surface area (Å²) in [7, 11) is 1.83. The first-order valence-corrected chi connectivity index (χ1v) is 8.71. The zero-order chi connectivity index (χ0) is 16.8. The van der Waals surface area contributed by atoms with E-state index in [4.69, 9.17) is 9.47 Å². The van der Waals surface area contributed by atoms with E-state index in [9.17, 15) is 4.79 Å². The fraction of sp³-hybridized carbons (Fsp3) is 0.526. The van der Waals surface area contributed by atoms with E-state index in [1.165, 1.54) is 17.3 Å². The second kappa shape index (κ2) is 8.31. The minimum atomic E-state index is 0.0160. The molecule has 130 valence electrons. The van der Waals surface area contributed by atoms with Crippen molar-refractivity contribution >= 4 is 16.8 Å². The first kappa shape index (κ1) is 17.0. The fourth-order valence-corrected chi connectivity index (χ4v) is 3.04. The molecular weight excluding hydrogens is 304 g/mol. The minimum Gasteiger partial charge on any atom is -0.376 e. The van der Waals surface area contributed by atoms with Gasteiger partial charge in [-0.2, -0.15) is 0 Å². The highest BCUT2D eigenvalue weighted by Gasteiger charge is 2.15. The number of ether oxygens (including phenoxy) is 2. The van der Waals surface area contributed by atoms with Gasteiger partial charge in [0.05, 0.1) is 12.7 Å². The Hall–Kier alpha value is -1.85. The van der Waals surface area contributed by atoms with Crippen molar-refractivity contribution < 1.29 is 14.3 Å². The average Bonchev–Trinajstić information content (AvgIpc) is 3.03. The van der Waals surface area contributed by atoms with Crippen molar-refractivity contribution in [2.24, 2.45) is 0 Å². The number of carbonyl (C=O) groups is 1. The van der Waals surface area contributed by atoms with Gasteiger partial charge in [0.25, 0.3) is 0 Å². The summed E-state index contributed by atoms with van der Waals surface area (Å²) >= 11 is 0. The first-order chi connectivity index (χ1) is 11.7. The standard InChI is InChI=1S/C19H26N2O3/c1-20(19(22)15-23-14-17-7-4-5-13-24-17)11-12-21-10-9-16-6-2-3-8-18(16)21/h2-3,6,8-10,17H,4-5,7,11-15H2,1H3/t17-/m1/s1. The number of aromatic nitrogens is 1. The molecule has 1 amide bonds. The van der Waals surface area contributed by atoms with E-state index in [1.54, 1.807) is 4.90 Å². The van der Waals surface area contributed by atoms with Gasteiger partial charge in [-0.3, -0.25) is 4.79 Å². The third kappa shape index (κ3) is 4.36. The third-order valence-electron chi connectivity index (χ3n) is 4.59. The molecule has 1 aliphatic heterocycles. The number of rotatable bonds is 7. The maximum Gasteiger partial charge on any atom is 0.248 e. The molecule has 1 fully saturated rings. The fourth-order valence-electron chi connectivity index (χ4n) is 3.04. The molecule has 0 saturated carbocycles. The minimum absolute atomic E-state index is 0.0160. The van der Waals surface area contributed by atoms with Crippen LogP contribution in [0.25, 0.3) is 10.9 Å². The lowest BCUT2D eigenvalue weighted by Gasteiger charge is -2.23. The van der Waals surface area contributed by atoms with Crippen LogP contribution in [0, 0.1) is 0 Å². The molecule has 3 rings (SSSR count). The Morgan fingerprint density at radius 1 is 1.33 bits per heavy atom. The van der Waals surface area contributed by atoms with Crippen molar-refractivity contribution in [3.05, 3.63) is 36.5 Å².